The van der Waals surface area contributed by atoms with E-state index in [0.717, 1.165) is 18.8 Å². The Hall–Kier alpha value is -2.66. The zero-order valence-corrected chi connectivity index (χ0v) is 22.1. The van der Waals surface area contributed by atoms with E-state index in [9.17, 15) is 8.78 Å². The Morgan fingerprint density at radius 2 is 1.97 bits per heavy atom. The summed E-state index contributed by atoms with van der Waals surface area (Å²) < 4.78 is 37.5. The van der Waals surface area contributed by atoms with Crippen LogP contribution in [0.3, 0.4) is 0 Å². The molecule has 35 heavy (non-hydrogen) atoms. The second kappa shape index (κ2) is 10.1. The van der Waals surface area contributed by atoms with Crippen LogP contribution in [0.1, 0.15) is 12.2 Å². The third kappa shape index (κ3) is 4.88. The summed E-state index contributed by atoms with van der Waals surface area (Å²) in [7, 11) is 4.04. The molecule has 13 heteroatoms. The summed E-state index contributed by atoms with van der Waals surface area (Å²) in [5.74, 6) is -0.152. The van der Waals surface area contributed by atoms with E-state index >= 15 is 0 Å². The van der Waals surface area contributed by atoms with Crippen molar-refractivity contribution in [3.05, 3.63) is 42.5 Å². The topological polar surface area (TPSA) is 79.3 Å². The van der Waals surface area contributed by atoms with Crippen LogP contribution in [0, 0.1) is 0 Å². The molecule has 2 unspecified atom stereocenters. The summed E-state index contributed by atoms with van der Waals surface area (Å²) in [5, 5.41) is 4.52. The number of aliphatic imine (C=N–C) groups is 2. The Balaban J connectivity index is 1.57. The molecule has 1 aromatic carbocycles. The van der Waals surface area contributed by atoms with E-state index in [-0.39, 0.29) is 11.8 Å². The number of anilines is 1. The molecule has 5 rings (SSSR count). The maximum atomic E-state index is 14.0. The molecular formula is C22H28AsF2N9O. The fraction of sp³-hybridized carbons (Fsp3) is 0.455. The quantitative estimate of drug-likeness (QED) is 0.430. The number of alkyl halides is 2. The first-order valence-electron chi connectivity index (χ1n) is 11.4. The number of imidazole rings is 1. The molecule has 0 N–H and O–H groups in total. The molecule has 1 fully saturated rings. The number of hydrogen-bond donors (Lipinski definition) is 0. The molecule has 186 valence electrons. The number of para-hydroxylation sites is 2. The third-order valence-corrected chi connectivity index (χ3v) is 6.81. The van der Waals surface area contributed by atoms with Crippen molar-refractivity contribution in [3.63, 3.8) is 0 Å². The second-order valence-corrected chi connectivity index (χ2v) is 9.71. The Labute approximate surface area is 210 Å². The molecule has 10 nitrogen and oxygen atoms in total. The number of hydrogen-bond acceptors (Lipinski definition) is 8. The summed E-state index contributed by atoms with van der Waals surface area (Å²) in [5.41, 5.74) is 1.89. The maximum absolute atomic E-state index is 14.0. The number of aromatic nitrogens is 4. The first-order chi connectivity index (χ1) is 16.9. The van der Waals surface area contributed by atoms with Crippen LogP contribution in [-0.2, 0) is 11.3 Å². The van der Waals surface area contributed by atoms with E-state index in [4.69, 9.17) is 14.7 Å². The zero-order chi connectivity index (χ0) is 24.5. The molecule has 2 aliphatic rings. The number of nitrogens with zero attached hydrogens (tertiary/aromatic N) is 9. The summed E-state index contributed by atoms with van der Waals surface area (Å²) >= 11 is 1.28. The Morgan fingerprint density at radius 3 is 2.71 bits per heavy atom. The zero-order valence-electron chi connectivity index (χ0n) is 19.6. The fourth-order valence-corrected chi connectivity index (χ4v) is 5.03. The molecule has 1 saturated heterocycles. The number of amidine groups is 1. The number of likely N-dealkylation sites (N-methyl/N-ethyl adjacent to an activating group) is 1. The standard InChI is InChI=1S/C22H28AsF2N9O/c1-30(2)7-8-32-14-15(13-26-32)33-20(23)28-21(29-22(33)31-9-11-35-12-10-31)34-17-6-4-3-5-16(17)27-19(34)18(24)25/h3-6,13-14,18,22H,7-12,23H2,1-2H3. The van der Waals surface area contributed by atoms with E-state index in [1.54, 1.807) is 30.5 Å². The summed E-state index contributed by atoms with van der Waals surface area (Å²) in [6, 6.07) is 7.06. The van der Waals surface area contributed by atoms with E-state index in [2.05, 4.69) is 19.9 Å². The van der Waals surface area contributed by atoms with Gasteiger partial charge in [-0.05, 0) is 0 Å². The van der Waals surface area contributed by atoms with Crippen LogP contribution in [0.25, 0.3) is 11.0 Å². The van der Waals surface area contributed by atoms with Crippen molar-refractivity contribution < 1.29 is 13.5 Å². The number of ether oxygens (including phenoxy) is 1. The van der Waals surface area contributed by atoms with Crippen molar-refractivity contribution in [3.8, 4) is 0 Å². The van der Waals surface area contributed by atoms with Gasteiger partial charge in [0, 0.05) is 0 Å². The van der Waals surface area contributed by atoms with Crippen LogP contribution in [0.2, 0.25) is 0 Å². The van der Waals surface area contributed by atoms with Gasteiger partial charge < -0.3 is 0 Å². The fourth-order valence-electron chi connectivity index (χ4n) is 4.19. The number of morpholine rings is 1. The van der Waals surface area contributed by atoms with Crippen LogP contribution < -0.4 is 4.90 Å². The van der Waals surface area contributed by atoms with Crippen molar-refractivity contribution in [2.75, 3.05) is 51.8 Å². The minimum atomic E-state index is -2.76. The Morgan fingerprint density at radius 1 is 1.20 bits per heavy atom. The molecule has 0 amide bonds. The van der Waals surface area contributed by atoms with E-state index in [1.165, 1.54) is 21.4 Å². The summed E-state index contributed by atoms with van der Waals surface area (Å²) in [6.45, 7) is 4.09. The Bertz CT molecular complexity index is 1250. The van der Waals surface area contributed by atoms with Gasteiger partial charge in [0.1, 0.15) is 0 Å². The predicted octanol–water partition coefficient (Wildman–Crippen LogP) is 1.06. The van der Waals surface area contributed by atoms with Gasteiger partial charge in [-0.15, -0.1) is 0 Å². The average Bonchev–Trinajstić information content (AvgIpc) is 3.47. The molecule has 2 aromatic heterocycles. The van der Waals surface area contributed by atoms with Crippen LogP contribution in [0.5, 0.6) is 0 Å². The van der Waals surface area contributed by atoms with Gasteiger partial charge in [0.25, 0.3) is 0 Å². The molecular weight excluding hydrogens is 519 g/mol. The van der Waals surface area contributed by atoms with E-state index < -0.39 is 12.7 Å². The van der Waals surface area contributed by atoms with Crippen molar-refractivity contribution in [2.45, 2.75) is 19.3 Å². The van der Waals surface area contributed by atoms with Gasteiger partial charge in [0.2, 0.25) is 0 Å². The van der Waals surface area contributed by atoms with Crippen LogP contribution in [-0.4, -0.2) is 110 Å². The van der Waals surface area contributed by atoms with Gasteiger partial charge in [-0.2, -0.15) is 0 Å². The molecule has 2 atom stereocenters. The van der Waals surface area contributed by atoms with Crippen molar-refractivity contribution in [1.29, 1.82) is 0 Å². The van der Waals surface area contributed by atoms with Gasteiger partial charge in [0.05, 0.1) is 0 Å². The molecule has 0 radical (unpaired) electrons. The molecule has 0 bridgehead atoms. The average molecular weight is 547 g/mol. The van der Waals surface area contributed by atoms with Gasteiger partial charge >= 0.3 is 210 Å². The van der Waals surface area contributed by atoms with Crippen LogP contribution >= 0.6 is 0 Å². The van der Waals surface area contributed by atoms with Crippen molar-refractivity contribution in [2.24, 2.45) is 9.98 Å². The van der Waals surface area contributed by atoms with E-state index in [1.807, 2.05) is 29.9 Å². The molecule has 0 spiro atoms. The first-order valence-corrected chi connectivity index (χ1v) is 12.6. The van der Waals surface area contributed by atoms with Gasteiger partial charge in [0.15, 0.2) is 0 Å². The van der Waals surface area contributed by atoms with Crippen molar-refractivity contribution in [1.82, 2.24) is 29.1 Å². The molecule has 4 heterocycles. The minimum absolute atomic E-state index is 0.209. The Kier molecular flexibility index (Phi) is 6.97. The molecule has 0 saturated carbocycles. The molecule has 3 aromatic rings. The predicted molar refractivity (Wildman–Crippen MR) is 133 cm³/mol. The molecule has 2 aliphatic heterocycles. The number of benzene rings is 1. The second-order valence-electron chi connectivity index (χ2n) is 8.62. The summed E-state index contributed by atoms with van der Waals surface area (Å²) in [6.07, 6.45) is 0.548. The van der Waals surface area contributed by atoms with Crippen LogP contribution in [0.15, 0.2) is 46.6 Å². The van der Waals surface area contributed by atoms with Crippen molar-refractivity contribution >= 4 is 44.2 Å². The van der Waals surface area contributed by atoms with Gasteiger partial charge in [-0.3, -0.25) is 0 Å². The normalized spacial score (nSPS) is 19.6. The SMILES string of the molecule is CN(C)CCn1cc(N2C([AsH2])=NC(n3c(C(F)F)nc4ccccc43)=NC2N2CCOCC2)cn1. The first kappa shape index (κ1) is 24.1. The number of halogens is 2. The molecule has 0 aliphatic carbocycles. The monoisotopic (exact) mass is 547 g/mol. The van der Waals surface area contributed by atoms with Gasteiger partial charge in [-0.25, -0.2) is 0 Å². The third-order valence-electron chi connectivity index (χ3n) is 5.95. The van der Waals surface area contributed by atoms with Gasteiger partial charge in [-0.1, -0.05) is 0 Å². The van der Waals surface area contributed by atoms with E-state index in [0.29, 0.717) is 42.0 Å². The summed E-state index contributed by atoms with van der Waals surface area (Å²) in [4.78, 5) is 20.1. The van der Waals surface area contributed by atoms with Crippen LogP contribution in [0.4, 0.5) is 14.5 Å². The number of fused-ring (bicyclic) bond motifs is 1. The number of rotatable bonds is 6.